The standard InChI is InChI=1S/C20H21F3N2O3/c1-11-13-9-17(28-3)16(27-2)8-12(13)6-7-25(11)10-18(26)24-15-5-4-14(21)19(22)20(15)23/h4-5,8-9,11H,6-7,10H2,1-3H3,(H,24,26)/p+1/t11-/m1/s1. The number of carbonyl (C=O) groups is 1. The fourth-order valence-corrected chi connectivity index (χ4v) is 3.55. The van der Waals surface area contributed by atoms with Gasteiger partial charge in [0.25, 0.3) is 5.91 Å². The van der Waals surface area contributed by atoms with Gasteiger partial charge in [0.1, 0.15) is 6.04 Å². The number of ether oxygens (including phenoxy) is 2. The summed E-state index contributed by atoms with van der Waals surface area (Å²) in [7, 11) is 3.14. The number of amides is 1. The Morgan fingerprint density at radius 2 is 1.82 bits per heavy atom. The van der Waals surface area contributed by atoms with Crippen LogP contribution in [0.4, 0.5) is 18.9 Å². The normalized spacial score (nSPS) is 18.4. The van der Waals surface area contributed by atoms with Crippen LogP contribution in [0.3, 0.4) is 0 Å². The van der Waals surface area contributed by atoms with E-state index < -0.39 is 23.4 Å². The van der Waals surface area contributed by atoms with Crippen molar-refractivity contribution in [2.24, 2.45) is 0 Å². The molecular weight excluding hydrogens is 373 g/mol. The van der Waals surface area contributed by atoms with E-state index in [0.717, 1.165) is 34.6 Å². The van der Waals surface area contributed by atoms with Gasteiger partial charge in [-0.3, -0.25) is 4.79 Å². The van der Waals surface area contributed by atoms with E-state index in [1.807, 2.05) is 19.1 Å². The van der Waals surface area contributed by atoms with Crippen LogP contribution < -0.4 is 19.7 Å². The molecule has 0 aliphatic carbocycles. The van der Waals surface area contributed by atoms with Gasteiger partial charge in [-0.15, -0.1) is 0 Å². The lowest BCUT2D eigenvalue weighted by Crippen LogP contribution is -3.14. The molecule has 1 heterocycles. The van der Waals surface area contributed by atoms with Crippen molar-refractivity contribution in [1.29, 1.82) is 0 Å². The lowest BCUT2D eigenvalue weighted by Gasteiger charge is -2.32. The number of methoxy groups -OCH3 is 2. The van der Waals surface area contributed by atoms with E-state index in [-0.39, 0.29) is 18.3 Å². The lowest BCUT2D eigenvalue weighted by atomic mass is 9.93. The summed E-state index contributed by atoms with van der Waals surface area (Å²) in [6.45, 7) is 2.75. The third kappa shape index (κ3) is 3.77. The second-order valence-electron chi connectivity index (χ2n) is 6.73. The Hall–Kier alpha value is -2.74. The zero-order chi connectivity index (χ0) is 20.4. The van der Waals surface area contributed by atoms with Crippen molar-refractivity contribution in [2.75, 3.05) is 32.6 Å². The molecule has 0 radical (unpaired) electrons. The first-order chi connectivity index (χ1) is 13.3. The molecule has 1 amide bonds. The number of benzene rings is 2. The van der Waals surface area contributed by atoms with Crippen LogP contribution in [0, 0.1) is 17.5 Å². The number of rotatable bonds is 5. The molecule has 1 aliphatic heterocycles. The highest BCUT2D eigenvalue weighted by Gasteiger charge is 2.31. The van der Waals surface area contributed by atoms with Crippen LogP contribution in [0.2, 0.25) is 0 Å². The smallest absolute Gasteiger partial charge is 0.279 e. The predicted molar refractivity (Wildman–Crippen MR) is 97.3 cm³/mol. The average Bonchev–Trinajstić information content (AvgIpc) is 2.69. The Balaban J connectivity index is 1.74. The van der Waals surface area contributed by atoms with Gasteiger partial charge in [0.15, 0.2) is 35.5 Å². The molecular formula is C20H22F3N2O3+. The first-order valence-corrected chi connectivity index (χ1v) is 8.88. The molecule has 3 rings (SSSR count). The molecule has 1 unspecified atom stereocenters. The molecule has 2 N–H and O–H groups in total. The fourth-order valence-electron chi connectivity index (χ4n) is 3.55. The van der Waals surface area contributed by atoms with Crippen LogP contribution >= 0.6 is 0 Å². The molecule has 2 atom stereocenters. The Bertz CT molecular complexity index is 905. The number of hydrogen-bond acceptors (Lipinski definition) is 3. The summed E-state index contributed by atoms with van der Waals surface area (Å²) < 4.78 is 50.8. The van der Waals surface area contributed by atoms with E-state index >= 15 is 0 Å². The van der Waals surface area contributed by atoms with Gasteiger partial charge in [0.05, 0.1) is 26.5 Å². The van der Waals surface area contributed by atoms with E-state index in [1.54, 1.807) is 14.2 Å². The highest BCUT2D eigenvalue weighted by molar-refractivity contribution is 5.91. The minimum absolute atomic E-state index is 0.0101. The second kappa shape index (κ2) is 8.10. The van der Waals surface area contributed by atoms with Gasteiger partial charge in [0, 0.05) is 12.0 Å². The first kappa shape index (κ1) is 20.0. The summed E-state index contributed by atoms with van der Waals surface area (Å²) >= 11 is 0. The Morgan fingerprint density at radius 1 is 1.14 bits per heavy atom. The third-order valence-corrected chi connectivity index (χ3v) is 5.14. The van der Waals surface area contributed by atoms with E-state index in [9.17, 15) is 18.0 Å². The summed E-state index contributed by atoms with van der Waals surface area (Å²) in [4.78, 5) is 13.3. The van der Waals surface area contributed by atoms with Crippen LogP contribution in [0.5, 0.6) is 11.5 Å². The highest BCUT2D eigenvalue weighted by atomic mass is 19.2. The van der Waals surface area contributed by atoms with Crippen molar-refractivity contribution >= 4 is 11.6 Å². The van der Waals surface area contributed by atoms with Crippen LogP contribution in [0.25, 0.3) is 0 Å². The minimum Gasteiger partial charge on any atom is -0.493 e. The molecule has 0 saturated heterocycles. The van der Waals surface area contributed by atoms with E-state index in [1.165, 1.54) is 0 Å². The Kier molecular flexibility index (Phi) is 5.79. The van der Waals surface area contributed by atoms with Crippen LogP contribution in [0.1, 0.15) is 24.1 Å². The molecule has 150 valence electrons. The van der Waals surface area contributed by atoms with Crippen LogP contribution in [-0.2, 0) is 11.2 Å². The van der Waals surface area contributed by atoms with Crippen molar-refractivity contribution in [3.05, 3.63) is 52.8 Å². The quantitative estimate of drug-likeness (QED) is 0.764. The van der Waals surface area contributed by atoms with Gasteiger partial charge in [-0.2, -0.15) is 0 Å². The molecule has 0 fully saturated rings. The van der Waals surface area contributed by atoms with Gasteiger partial charge in [0.2, 0.25) is 0 Å². The van der Waals surface area contributed by atoms with Crippen LogP contribution in [0.15, 0.2) is 24.3 Å². The molecule has 0 spiro atoms. The van der Waals surface area contributed by atoms with Crippen LogP contribution in [-0.4, -0.2) is 33.2 Å². The second-order valence-corrected chi connectivity index (χ2v) is 6.73. The van der Waals surface area contributed by atoms with Crippen molar-refractivity contribution in [3.8, 4) is 11.5 Å². The van der Waals surface area contributed by atoms with Crippen molar-refractivity contribution in [2.45, 2.75) is 19.4 Å². The first-order valence-electron chi connectivity index (χ1n) is 8.88. The third-order valence-electron chi connectivity index (χ3n) is 5.14. The average molecular weight is 395 g/mol. The largest absolute Gasteiger partial charge is 0.493 e. The number of carbonyl (C=O) groups excluding carboxylic acids is 1. The topological polar surface area (TPSA) is 52.0 Å². The molecule has 8 heteroatoms. The monoisotopic (exact) mass is 395 g/mol. The van der Waals surface area contributed by atoms with Crippen molar-refractivity contribution in [3.63, 3.8) is 0 Å². The molecule has 2 aromatic rings. The van der Waals surface area contributed by atoms with Gasteiger partial charge < -0.3 is 19.7 Å². The van der Waals surface area contributed by atoms with Gasteiger partial charge >= 0.3 is 0 Å². The summed E-state index contributed by atoms with van der Waals surface area (Å²) in [5, 5.41) is 2.32. The number of hydrogen-bond donors (Lipinski definition) is 2. The minimum atomic E-state index is -1.61. The van der Waals surface area contributed by atoms with Gasteiger partial charge in [-0.05, 0) is 36.8 Å². The van der Waals surface area contributed by atoms with Gasteiger partial charge in [-0.25, -0.2) is 13.2 Å². The molecule has 0 bridgehead atoms. The molecule has 2 aromatic carbocycles. The Morgan fingerprint density at radius 3 is 2.50 bits per heavy atom. The predicted octanol–water partition coefficient (Wildman–Crippen LogP) is 2.26. The van der Waals surface area contributed by atoms with Gasteiger partial charge in [-0.1, -0.05) is 0 Å². The summed E-state index contributed by atoms with van der Waals surface area (Å²) in [5.74, 6) is -3.52. The number of fused-ring (bicyclic) bond motifs is 1. The van der Waals surface area contributed by atoms with Crippen molar-refractivity contribution < 1.29 is 32.3 Å². The fraction of sp³-hybridized carbons (Fsp3) is 0.350. The van der Waals surface area contributed by atoms with E-state index in [2.05, 4.69) is 5.32 Å². The SMILES string of the molecule is COc1cc2c(cc1OC)[C@@H](C)[NH+](CC(=O)Nc1ccc(F)c(F)c1F)CC2. The molecule has 28 heavy (non-hydrogen) atoms. The summed E-state index contributed by atoms with van der Waals surface area (Å²) in [6, 6.07) is 5.63. The maximum atomic E-state index is 13.8. The molecule has 0 aromatic heterocycles. The van der Waals surface area contributed by atoms with E-state index in [0.29, 0.717) is 18.0 Å². The zero-order valence-corrected chi connectivity index (χ0v) is 15.9. The number of nitrogens with one attached hydrogen (secondary N) is 2. The molecule has 5 nitrogen and oxygen atoms in total. The summed E-state index contributed by atoms with van der Waals surface area (Å²) in [6.07, 6.45) is 0.738. The Labute approximate surface area is 161 Å². The number of anilines is 1. The summed E-state index contributed by atoms with van der Waals surface area (Å²) in [5.41, 5.74) is 1.80. The molecule has 0 saturated carbocycles. The molecule has 1 aliphatic rings. The maximum Gasteiger partial charge on any atom is 0.279 e. The van der Waals surface area contributed by atoms with Crippen molar-refractivity contribution in [1.82, 2.24) is 0 Å². The maximum absolute atomic E-state index is 13.8. The lowest BCUT2D eigenvalue weighted by molar-refractivity contribution is -0.924. The zero-order valence-electron chi connectivity index (χ0n) is 15.9. The number of halogens is 3. The number of quaternary nitrogens is 1. The van der Waals surface area contributed by atoms with E-state index in [4.69, 9.17) is 9.47 Å². The highest BCUT2D eigenvalue weighted by Crippen LogP contribution is 2.33.